The normalized spacial score (nSPS) is 16.9. The third-order valence-electron chi connectivity index (χ3n) is 6.84. The molecule has 1 aliphatic heterocycles. The van der Waals surface area contributed by atoms with Crippen LogP contribution in [0.5, 0.6) is 0 Å². The number of aromatic nitrogens is 6. The van der Waals surface area contributed by atoms with Gasteiger partial charge in [0.05, 0.1) is 0 Å². The van der Waals surface area contributed by atoms with Crippen LogP contribution < -0.4 is 0 Å². The molecule has 5 rings (SSSR count). The Bertz CT molecular complexity index is 1520. The summed E-state index contributed by atoms with van der Waals surface area (Å²) < 4.78 is 17.4. The van der Waals surface area contributed by atoms with Gasteiger partial charge in [-0.3, -0.25) is 0 Å². The highest BCUT2D eigenvalue weighted by Gasteiger charge is 2.36. The van der Waals surface area contributed by atoms with Gasteiger partial charge in [0.25, 0.3) is 0 Å². The maximum absolute atomic E-state index is 13.5. The van der Waals surface area contributed by atoms with Crippen molar-refractivity contribution in [3.05, 3.63) is 71.3 Å². The summed E-state index contributed by atoms with van der Waals surface area (Å²) in [5, 5.41) is 25.3. The molecule has 0 aliphatic carbocycles. The van der Waals surface area contributed by atoms with E-state index < -0.39 is 29.9 Å². The Labute approximate surface area is 236 Å². The van der Waals surface area contributed by atoms with Crippen molar-refractivity contribution in [3.8, 4) is 22.5 Å². The number of hydrogen-bond donors (Lipinski definition) is 2. The molecule has 0 bridgehead atoms. The number of carbonyl (C=O) groups is 2. The van der Waals surface area contributed by atoms with Gasteiger partial charge in [-0.05, 0) is 49.1 Å². The summed E-state index contributed by atoms with van der Waals surface area (Å²) in [7, 11) is 0. The first-order valence-electron chi connectivity index (χ1n) is 13.4. The van der Waals surface area contributed by atoms with Crippen molar-refractivity contribution in [1.82, 2.24) is 30.2 Å². The van der Waals surface area contributed by atoms with Gasteiger partial charge in [0, 0.05) is 18.5 Å². The second-order valence-electron chi connectivity index (χ2n) is 10.4. The van der Waals surface area contributed by atoms with Crippen molar-refractivity contribution < 1.29 is 28.9 Å². The first kappa shape index (κ1) is 28.0. The molecular weight excluding hydrogens is 528 g/mol. The molecule has 12 heteroatoms. The molecule has 2 N–H and O–H groups in total. The quantitative estimate of drug-likeness (QED) is 0.272. The SMILES string of the molecule is CCCc1nc(C(C)(C)O)c(C(=O)OCC2OC(=O)OC2C)n1Cc1ccc(-c2ccccc2-c2nn[nH]n2)cc1. The number of rotatable bonds is 10. The zero-order valence-corrected chi connectivity index (χ0v) is 23.3. The van der Waals surface area contributed by atoms with Crippen LogP contribution in [-0.4, -0.2) is 66.2 Å². The number of aliphatic hydroxyl groups is 1. The van der Waals surface area contributed by atoms with E-state index in [2.05, 4.69) is 25.6 Å². The minimum absolute atomic E-state index is 0.158. The van der Waals surface area contributed by atoms with E-state index in [0.717, 1.165) is 28.7 Å². The molecule has 41 heavy (non-hydrogen) atoms. The van der Waals surface area contributed by atoms with Crippen molar-refractivity contribution in [3.63, 3.8) is 0 Å². The van der Waals surface area contributed by atoms with E-state index in [-0.39, 0.29) is 18.0 Å². The van der Waals surface area contributed by atoms with Crippen molar-refractivity contribution in [2.24, 2.45) is 0 Å². The molecule has 0 saturated carbocycles. The number of carbonyl (C=O) groups excluding carboxylic acids is 2. The van der Waals surface area contributed by atoms with Crippen molar-refractivity contribution in [2.45, 2.75) is 64.9 Å². The average Bonchev–Trinajstić information content (AvgIpc) is 3.67. The predicted octanol–water partition coefficient (Wildman–Crippen LogP) is 4.04. The molecular formula is C29H32N6O6. The molecule has 1 fully saturated rings. The monoisotopic (exact) mass is 560 g/mol. The zero-order chi connectivity index (χ0) is 29.1. The number of imidazole rings is 1. The van der Waals surface area contributed by atoms with Crippen LogP contribution in [0.25, 0.3) is 22.5 Å². The van der Waals surface area contributed by atoms with E-state index in [0.29, 0.717) is 24.6 Å². The zero-order valence-electron chi connectivity index (χ0n) is 23.3. The lowest BCUT2D eigenvalue weighted by Crippen LogP contribution is -2.29. The van der Waals surface area contributed by atoms with Crippen LogP contribution in [0.1, 0.15) is 61.7 Å². The third-order valence-corrected chi connectivity index (χ3v) is 6.84. The summed E-state index contributed by atoms with van der Waals surface area (Å²) in [5.41, 5.74) is 2.67. The van der Waals surface area contributed by atoms with Crippen LogP contribution in [0.4, 0.5) is 4.79 Å². The Morgan fingerprint density at radius 1 is 1.12 bits per heavy atom. The van der Waals surface area contributed by atoms with E-state index in [9.17, 15) is 14.7 Å². The molecule has 0 spiro atoms. The minimum atomic E-state index is -1.40. The van der Waals surface area contributed by atoms with Gasteiger partial charge >= 0.3 is 12.1 Å². The summed E-state index contributed by atoms with van der Waals surface area (Å²) >= 11 is 0. The first-order valence-corrected chi connectivity index (χ1v) is 13.4. The van der Waals surface area contributed by atoms with Gasteiger partial charge in [-0.1, -0.05) is 55.5 Å². The lowest BCUT2D eigenvalue weighted by Gasteiger charge is -2.19. The molecule has 0 radical (unpaired) electrons. The van der Waals surface area contributed by atoms with E-state index in [1.165, 1.54) is 0 Å². The third kappa shape index (κ3) is 5.97. The highest BCUT2D eigenvalue weighted by Crippen LogP contribution is 2.31. The summed E-state index contributed by atoms with van der Waals surface area (Å²) in [6.07, 6.45) is -0.679. The van der Waals surface area contributed by atoms with Crippen LogP contribution in [0.2, 0.25) is 0 Å². The number of ether oxygens (including phenoxy) is 3. The fraction of sp³-hybridized carbons (Fsp3) is 0.379. The van der Waals surface area contributed by atoms with Gasteiger partial charge in [-0.15, -0.1) is 10.2 Å². The fourth-order valence-electron chi connectivity index (χ4n) is 4.77. The molecule has 2 atom stereocenters. The van der Waals surface area contributed by atoms with Gasteiger partial charge in [-0.25, -0.2) is 14.6 Å². The summed E-state index contributed by atoms with van der Waals surface area (Å²) in [5.74, 6) is 0.493. The van der Waals surface area contributed by atoms with Gasteiger partial charge in [0.1, 0.15) is 29.8 Å². The van der Waals surface area contributed by atoms with Crippen LogP contribution in [0.3, 0.4) is 0 Å². The van der Waals surface area contributed by atoms with Crippen molar-refractivity contribution >= 4 is 12.1 Å². The molecule has 1 aliphatic rings. The Balaban J connectivity index is 1.45. The fourth-order valence-corrected chi connectivity index (χ4v) is 4.77. The smallest absolute Gasteiger partial charge is 0.457 e. The van der Waals surface area contributed by atoms with E-state index in [4.69, 9.17) is 14.2 Å². The summed E-state index contributed by atoms with van der Waals surface area (Å²) in [6.45, 7) is 6.99. The lowest BCUT2D eigenvalue weighted by atomic mass is 9.98. The molecule has 2 aromatic heterocycles. The van der Waals surface area contributed by atoms with Gasteiger partial charge in [-0.2, -0.15) is 5.21 Å². The van der Waals surface area contributed by atoms with E-state index in [1.54, 1.807) is 25.3 Å². The minimum Gasteiger partial charge on any atom is -0.457 e. The maximum atomic E-state index is 13.5. The number of hydrogen-bond acceptors (Lipinski definition) is 10. The Hall–Kier alpha value is -4.58. The summed E-state index contributed by atoms with van der Waals surface area (Å²) in [6, 6.07) is 15.7. The van der Waals surface area contributed by atoms with Gasteiger partial charge in [0.2, 0.25) is 5.82 Å². The number of nitrogens with zero attached hydrogens (tertiary/aromatic N) is 5. The van der Waals surface area contributed by atoms with Gasteiger partial charge < -0.3 is 23.9 Å². The molecule has 12 nitrogen and oxygen atoms in total. The van der Waals surface area contributed by atoms with Crippen molar-refractivity contribution in [1.29, 1.82) is 0 Å². The van der Waals surface area contributed by atoms with E-state index >= 15 is 0 Å². The second-order valence-corrected chi connectivity index (χ2v) is 10.4. The Kier molecular flexibility index (Phi) is 7.84. The standard InChI is InChI=1S/C29H32N6O6/c1-5-8-23-30-25(29(3,4)38)24(27(36)39-16-22-17(2)40-28(37)41-22)35(23)15-18-11-13-19(14-12-18)20-9-6-7-10-21(20)26-31-33-34-32-26/h6-7,9-14,17,22,38H,5,8,15-16H2,1-4H3,(H,31,32,33,34). The van der Waals surface area contributed by atoms with E-state index in [1.807, 2.05) is 55.5 Å². The number of nitrogens with one attached hydrogen (secondary N) is 1. The number of benzene rings is 2. The number of aromatic amines is 1. The molecule has 3 heterocycles. The average molecular weight is 561 g/mol. The van der Waals surface area contributed by atoms with Crippen LogP contribution in [-0.2, 0) is 32.8 Å². The van der Waals surface area contributed by atoms with Crippen LogP contribution in [0.15, 0.2) is 48.5 Å². The second kappa shape index (κ2) is 11.5. The van der Waals surface area contributed by atoms with Crippen LogP contribution >= 0.6 is 0 Å². The molecule has 0 amide bonds. The summed E-state index contributed by atoms with van der Waals surface area (Å²) in [4.78, 5) is 29.6. The maximum Gasteiger partial charge on any atom is 0.509 e. The topological polar surface area (TPSA) is 154 Å². The Morgan fingerprint density at radius 2 is 1.85 bits per heavy atom. The highest BCUT2D eigenvalue weighted by atomic mass is 16.8. The van der Waals surface area contributed by atoms with Crippen LogP contribution in [0, 0.1) is 0 Å². The Morgan fingerprint density at radius 3 is 2.46 bits per heavy atom. The molecule has 2 unspecified atom stereocenters. The predicted molar refractivity (Wildman–Crippen MR) is 147 cm³/mol. The van der Waals surface area contributed by atoms with Gasteiger partial charge in [0.15, 0.2) is 11.8 Å². The highest BCUT2D eigenvalue weighted by molar-refractivity contribution is 5.89. The molecule has 4 aromatic rings. The number of aryl methyl sites for hydroxylation is 1. The first-order chi connectivity index (χ1) is 19.7. The lowest BCUT2D eigenvalue weighted by molar-refractivity contribution is 0.0219. The molecule has 214 valence electrons. The number of esters is 1. The van der Waals surface area contributed by atoms with Crippen molar-refractivity contribution in [2.75, 3.05) is 6.61 Å². The molecule has 2 aromatic carbocycles. The number of cyclic esters (lactones) is 2. The largest absolute Gasteiger partial charge is 0.509 e. The molecule has 1 saturated heterocycles. The number of tetrazole rings is 1. The number of H-pyrrole nitrogens is 1.